The van der Waals surface area contributed by atoms with Gasteiger partial charge in [-0.05, 0) is 48.9 Å². The van der Waals surface area contributed by atoms with E-state index >= 15 is 0 Å². The lowest BCUT2D eigenvalue weighted by Crippen LogP contribution is -2.25. The first-order chi connectivity index (χ1) is 13.5. The lowest BCUT2D eigenvalue weighted by molar-refractivity contribution is -0.118. The zero-order valence-corrected chi connectivity index (χ0v) is 15.9. The van der Waals surface area contributed by atoms with E-state index in [0.717, 1.165) is 5.56 Å². The Morgan fingerprint density at radius 2 is 1.57 bits per heavy atom. The average molecular weight is 392 g/mol. The lowest BCUT2D eigenvalue weighted by Gasteiger charge is -2.11. The van der Waals surface area contributed by atoms with Gasteiger partial charge < -0.3 is 10.6 Å². The summed E-state index contributed by atoms with van der Waals surface area (Å²) in [5.41, 5.74) is 2.56. The maximum absolute atomic E-state index is 12.9. The first-order valence-electron chi connectivity index (χ1n) is 8.59. The summed E-state index contributed by atoms with van der Waals surface area (Å²) in [6, 6.07) is 19.6. The first kappa shape index (κ1) is 19.3. The van der Waals surface area contributed by atoms with Crippen molar-refractivity contribution in [3.63, 3.8) is 0 Å². The highest BCUT2D eigenvalue weighted by Crippen LogP contribution is 2.19. The number of aromatic nitrogens is 1. The van der Waals surface area contributed by atoms with Gasteiger partial charge in [-0.3, -0.25) is 9.59 Å². The second kappa shape index (κ2) is 8.97. The number of hydrogen-bond acceptors (Lipinski definition) is 3. The lowest BCUT2D eigenvalue weighted by atomic mass is 10.1. The van der Waals surface area contributed by atoms with Crippen molar-refractivity contribution in [2.75, 3.05) is 10.6 Å². The average Bonchev–Trinajstić information content (AvgIpc) is 2.68. The standard InChI is InChI=1S/C22H18ClN3O2/c1-15-7-5-11-18(13-15)26-22(28)19(14-16-8-6-12-24-20(16)23)21(27)25-17-9-3-2-4-10-17/h2-14H,1H3,(H,25,27)(H,26,28)/b19-14+. The van der Waals surface area contributed by atoms with E-state index in [1.165, 1.54) is 12.3 Å². The molecule has 0 saturated heterocycles. The molecule has 140 valence electrons. The fourth-order valence-corrected chi connectivity index (χ4v) is 2.71. The van der Waals surface area contributed by atoms with Crippen molar-refractivity contribution in [1.29, 1.82) is 0 Å². The van der Waals surface area contributed by atoms with Gasteiger partial charge in [-0.15, -0.1) is 0 Å². The van der Waals surface area contributed by atoms with Gasteiger partial charge in [0.25, 0.3) is 11.8 Å². The molecule has 28 heavy (non-hydrogen) atoms. The summed E-state index contributed by atoms with van der Waals surface area (Å²) in [4.78, 5) is 29.7. The van der Waals surface area contributed by atoms with Crippen LogP contribution in [0.3, 0.4) is 0 Å². The van der Waals surface area contributed by atoms with Gasteiger partial charge in [0.2, 0.25) is 0 Å². The molecule has 3 aromatic rings. The highest BCUT2D eigenvalue weighted by Gasteiger charge is 2.20. The van der Waals surface area contributed by atoms with Crippen LogP contribution in [0.25, 0.3) is 6.08 Å². The van der Waals surface area contributed by atoms with Crippen LogP contribution in [0.1, 0.15) is 11.1 Å². The second-order valence-corrected chi connectivity index (χ2v) is 6.44. The van der Waals surface area contributed by atoms with Gasteiger partial charge in [0.1, 0.15) is 10.7 Å². The number of amides is 2. The van der Waals surface area contributed by atoms with Crippen LogP contribution in [-0.2, 0) is 9.59 Å². The normalized spacial score (nSPS) is 11.0. The minimum atomic E-state index is -0.545. The van der Waals surface area contributed by atoms with Crippen molar-refractivity contribution < 1.29 is 9.59 Å². The maximum Gasteiger partial charge on any atom is 0.261 e. The third-order valence-electron chi connectivity index (χ3n) is 3.88. The van der Waals surface area contributed by atoms with Crippen LogP contribution in [0.2, 0.25) is 5.15 Å². The van der Waals surface area contributed by atoms with E-state index in [0.29, 0.717) is 16.9 Å². The number of rotatable bonds is 5. The molecule has 2 amide bonds. The van der Waals surface area contributed by atoms with Gasteiger partial charge in [0.05, 0.1) is 0 Å². The third-order valence-corrected chi connectivity index (χ3v) is 4.20. The molecule has 0 aliphatic carbocycles. The van der Waals surface area contributed by atoms with Crippen LogP contribution >= 0.6 is 11.6 Å². The number of carbonyl (C=O) groups excluding carboxylic acids is 2. The molecule has 0 aliphatic rings. The van der Waals surface area contributed by atoms with Crippen LogP contribution in [0.4, 0.5) is 11.4 Å². The molecule has 0 atom stereocenters. The molecule has 2 N–H and O–H groups in total. The number of anilines is 2. The van der Waals surface area contributed by atoms with Gasteiger partial charge in [-0.2, -0.15) is 0 Å². The fourth-order valence-electron chi connectivity index (χ4n) is 2.54. The summed E-state index contributed by atoms with van der Waals surface area (Å²) < 4.78 is 0. The predicted octanol–water partition coefficient (Wildman–Crippen LogP) is 4.70. The zero-order chi connectivity index (χ0) is 19.9. The molecule has 5 nitrogen and oxygen atoms in total. The summed E-state index contributed by atoms with van der Waals surface area (Å²) >= 11 is 6.10. The van der Waals surface area contributed by atoms with E-state index in [9.17, 15) is 9.59 Å². The summed E-state index contributed by atoms with van der Waals surface area (Å²) in [7, 11) is 0. The van der Waals surface area contributed by atoms with Gasteiger partial charge in [-0.25, -0.2) is 4.98 Å². The molecule has 0 fully saturated rings. The number of para-hydroxylation sites is 1. The number of benzene rings is 2. The minimum absolute atomic E-state index is 0.0831. The smallest absolute Gasteiger partial charge is 0.261 e. The first-order valence-corrected chi connectivity index (χ1v) is 8.97. The van der Waals surface area contributed by atoms with Crippen LogP contribution in [0, 0.1) is 6.92 Å². The number of hydrogen-bond donors (Lipinski definition) is 2. The fraction of sp³-hybridized carbons (Fsp3) is 0.0455. The number of carbonyl (C=O) groups is 2. The highest BCUT2D eigenvalue weighted by atomic mass is 35.5. The van der Waals surface area contributed by atoms with Crippen molar-refractivity contribution in [1.82, 2.24) is 4.98 Å². The maximum atomic E-state index is 12.9. The SMILES string of the molecule is Cc1cccc(NC(=O)/C(=C/c2cccnc2Cl)C(=O)Nc2ccccc2)c1. The predicted molar refractivity (Wildman–Crippen MR) is 112 cm³/mol. The van der Waals surface area contributed by atoms with Crippen molar-refractivity contribution in [3.8, 4) is 0 Å². The zero-order valence-electron chi connectivity index (χ0n) is 15.1. The van der Waals surface area contributed by atoms with E-state index < -0.39 is 11.8 Å². The molecule has 3 rings (SSSR count). The second-order valence-electron chi connectivity index (χ2n) is 6.09. The van der Waals surface area contributed by atoms with E-state index in [2.05, 4.69) is 15.6 Å². The number of halogens is 1. The molecule has 0 bridgehead atoms. The van der Waals surface area contributed by atoms with Gasteiger partial charge >= 0.3 is 0 Å². The van der Waals surface area contributed by atoms with Gasteiger partial charge in [-0.1, -0.05) is 48.0 Å². The van der Waals surface area contributed by atoms with Crippen LogP contribution < -0.4 is 10.6 Å². The van der Waals surface area contributed by atoms with Crippen molar-refractivity contribution in [3.05, 3.63) is 94.8 Å². The quantitative estimate of drug-likeness (QED) is 0.286. The number of pyridine rings is 1. The van der Waals surface area contributed by atoms with Crippen molar-refractivity contribution in [2.24, 2.45) is 0 Å². The summed E-state index contributed by atoms with van der Waals surface area (Å²) in [6.45, 7) is 1.92. The molecule has 0 radical (unpaired) electrons. The number of aryl methyl sites for hydroxylation is 1. The Morgan fingerprint density at radius 1 is 0.893 bits per heavy atom. The molecular weight excluding hydrogens is 374 g/mol. The Morgan fingerprint density at radius 3 is 2.25 bits per heavy atom. The minimum Gasteiger partial charge on any atom is -0.322 e. The molecule has 6 heteroatoms. The van der Waals surface area contributed by atoms with Crippen LogP contribution in [0.15, 0.2) is 78.5 Å². The Labute approximate surface area is 168 Å². The molecule has 0 saturated carbocycles. The molecule has 0 unspecified atom stereocenters. The molecule has 0 aliphatic heterocycles. The van der Waals surface area contributed by atoms with Crippen LogP contribution in [0.5, 0.6) is 0 Å². The summed E-state index contributed by atoms with van der Waals surface area (Å²) in [5.74, 6) is -1.09. The Kier molecular flexibility index (Phi) is 6.19. The number of nitrogens with zero attached hydrogens (tertiary/aromatic N) is 1. The Balaban J connectivity index is 1.92. The van der Waals surface area contributed by atoms with E-state index in [-0.39, 0.29) is 10.7 Å². The number of nitrogens with one attached hydrogen (secondary N) is 2. The van der Waals surface area contributed by atoms with Gasteiger partial charge in [0.15, 0.2) is 0 Å². The van der Waals surface area contributed by atoms with E-state index in [1.807, 2.05) is 31.2 Å². The summed E-state index contributed by atoms with van der Waals surface area (Å²) in [6.07, 6.45) is 2.97. The topological polar surface area (TPSA) is 71.1 Å². The molecule has 1 aromatic heterocycles. The van der Waals surface area contributed by atoms with Crippen LogP contribution in [-0.4, -0.2) is 16.8 Å². The largest absolute Gasteiger partial charge is 0.322 e. The summed E-state index contributed by atoms with van der Waals surface area (Å²) in [5, 5.41) is 5.69. The van der Waals surface area contributed by atoms with Crippen molar-refractivity contribution >= 4 is 40.9 Å². The molecule has 2 aromatic carbocycles. The Hall–Kier alpha value is -3.44. The molecule has 1 heterocycles. The van der Waals surface area contributed by atoms with Crippen molar-refractivity contribution in [2.45, 2.75) is 6.92 Å². The molecular formula is C22H18ClN3O2. The highest BCUT2D eigenvalue weighted by molar-refractivity contribution is 6.32. The Bertz CT molecular complexity index is 1030. The monoisotopic (exact) mass is 391 g/mol. The third kappa shape index (κ3) is 5.05. The van der Waals surface area contributed by atoms with E-state index in [4.69, 9.17) is 11.6 Å². The van der Waals surface area contributed by atoms with E-state index in [1.54, 1.807) is 42.5 Å². The molecule has 0 spiro atoms. The van der Waals surface area contributed by atoms with Gasteiger partial charge in [0, 0.05) is 23.1 Å².